The first-order chi connectivity index (χ1) is 12.5. The van der Waals surface area contributed by atoms with E-state index in [1.54, 1.807) is 0 Å². The zero-order valence-corrected chi connectivity index (χ0v) is 14.7. The van der Waals surface area contributed by atoms with Gasteiger partial charge < -0.3 is 10.8 Å². The van der Waals surface area contributed by atoms with E-state index in [9.17, 15) is 9.18 Å². The highest BCUT2D eigenvalue weighted by Gasteiger charge is 2.24. The second-order valence-corrected chi connectivity index (χ2v) is 7.00. The van der Waals surface area contributed by atoms with Crippen LogP contribution in [0, 0.1) is 11.7 Å². The Morgan fingerprint density at radius 2 is 1.88 bits per heavy atom. The van der Waals surface area contributed by atoms with E-state index in [4.69, 9.17) is 10.8 Å². The summed E-state index contributed by atoms with van der Waals surface area (Å²) < 4.78 is 13.6. The van der Waals surface area contributed by atoms with Gasteiger partial charge in [-0.3, -0.25) is 4.79 Å². The lowest BCUT2D eigenvalue weighted by Gasteiger charge is -2.16. The molecule has 2 fully saturated rings. The molecule has 26 heavy (non-hydrogen) atoms. The number of halogens is 1. The average Bonchev–Trinajstić information content (AvgIpc) is 3.50. The van der Waals surface area contributed by atoms with Crippen LogP contribution >= 0.6 is 0 Å². The third kappa shape index (κ3) is 4.77. The highest BCUT2D eigenvalue weighted by atomic mass is 19.1. The number of carbonyl (C=O) groups is 1. The molecule has 0 atom stereocenters. The number of anilines is 1. The van der Waals surface area contributed by atoms with E-state index in [1.807, 2.05) is 18.2 Å². The molecule has 0 unspecified atom stereocenters. The fourth-order valence-electron chi connectivity index (χ4n) is 3.29. The van der Waals surface area contributed by atoms with Gasteiger partial charge in [-0.25, -0.2) is 14.4 Å². The van der Waals surface area contributed by atoms with Crippen LogP contribution in [0.25, 0.3) is 11.3 Å². The van der Waals surface area contributed by atoms with Crippen molar-refractivity contribution in [2.75, 3.05) is 5.73 Å². The maximum Gasteiger partial charge on any atom is 0.306 e. The Morgan fingerprint density at radius 3 is 2.50 bits per heavy atom. The molecule has 6 heteroatoms. The molecule has 1 heterocycles. The van der Waals surface area contributed by atoms with Crippen LogP contribution in [0.2, 0.25) is 0 Å². The van der Waals surface area contributed by atoms with E-state index in [2.05, 4.69) is 16.0 Å². The molecule has 2 aliphatic carbocycles. The second-order valence-electron chi connectivity index (χ2n) is 7.00. The van der Waals surface area contributed by atoms with E-state index < -0.39 is 11.8 Å². The first-order valence-electron chi connectivity index (χ1n) is 9.15. The topological polar surface area (TPSA) is 89.1 Å². The second kappa shape index (κ2) is 8.25. The summed E-state index contributed by atoms with van der Waals surface area (Å²) in [6.45, 7) is 0. The van der Waals surface area contributed by atoms with Crippen molar-refractivity contribution in [1.82, 2.24) is 9.97 Å². The van der Waals surface area contributed by atoms with Gasteiger partial charge in [0.15, 0.2) is 5.82 Å². The highest BCUT2D eigenvalue weighted by molar-refractivity contribution is 5.69. The van der Waals surface area contributed by atoms with Gasteiger partial charge in [-0.2, -0.15) is 0 Å². The van der Waals surface area contributed by atoms with Gasteiger partial charge in [-0.1, -0.05) is 37.5 Å². The van der Waals surface area contributed by atoms with E-state index in [0.29, 0.717) is 5.92 Å². The number of aliphatic carboxylic acids is 1. The molecule has 2 aliphatic rings. The number of carboxylic acids is 1. The molecule has 0 spiro atoms. The molecule has 0 bridgehead atoms. The van der Waals surface area contributed by atoms with Gasteiger partial charge in [0.25, 0.3) is 0 Å². The van der Waals surface area contributed by atoms with Gasteiger partial charge in [0, 0.05) is 5.56 Å². The van der Waals surface area contributed by atoms with Crippen LogP contribution in [0.4, 0.5) is 10.3 Å². The minimum Gasteiger partial charge on any atom is -0.481 e. The van der Waals surface area contributed by atoms with Gasteiger partial charge in [-0.15, -0.1) is 0 Å². The van der Waals surface area contributed by atoms with Crippen LogP contribution in [0.1, 0.15) is 56.4 Å². The Balaban J connectivity index is 0.000000185. The first kappa shape index (κ1) is 18.3. The van der Waals surface area contributed by atoms with Crippen molar-refractivity contribution in [3.8, 4) is 11.3 Å². The Kier molecular flexibility index (Phi) is 5.81. The molecule has 2 aromatic rings. The summed E-state index contributed by atoms with van der Waals surface area (Å²) in [7, 11) is 0. The maximum atomic E-state index is 13.6. The lowest BCUT2D eigenvalue weighted by Crippen LogP contribution is -2.16. The molecule has 5 nitrogen and oxygen atoms in total. The fraction of sp³-hybridized carbons (Fsp3) is 0.450. The average molecular weight is 357 g/mol. The highest BCUT2D eigenvalue weighted by Crippen LogP contribution is 2.41. The number of nitrogens with zero attached hydrogens (tertiary/aromatic N) is 2. The molecule has 3 N–H and O–H groups in total. The lowest BCUT2D eigenvalue weighted by molar-refractivity contribution is -0.142. The van der Waals surface area contributed by atoms with E-state index >= 15 is 0 Å². The Labute approximate surface area is 152 Å². The molecule has 0 radical (unpaired) electrons. The standard InChI is InChI=1S/C13H12FN3.C7H12O2/c14-11-7-16-13(15)17-12(11)10-3-1-2-9(6-10)8-4-5-8;8-7(9)6-4-2-1-3-5-6/h1-3,6-8H,4-5H2,(H2,15,16,17);6H,1-5H2,(H,8,9). The van der Waals surface area contributed by atoms with Gasteiger partial charge in [0.05, 0.1) is 12.1 Å². The number of carboxylic acid groups (broad SMARTS) is 1. The van der Waals surface area contributed by atoms with Crippen LogP contribution < -0.4 is 5.73 Å². The number of aromatic nitrogens is 2. The number of rotatable bonds is 3. The summed E-state index contributed by atoms with van der Waals surface area (Å²) in [4.78, 5) is 17.9. The number of hydrogen-bond acceptors (Lipinski definition) is 4. The maximum absolute atomic E-state index is 13.6. The summed E-state index contributed by atoms with van der Waals surface area (Å²) in [5.74, 6) is -0.337. The summed E-state index contributed by atoms with van der Waals surface area (Å²) in [5, 5.41) is 8.54. The minimum absolute atomic E-state index is 0.0289. The molecule has 138 valence electrons. The summed E-state index contributed by atoms with van der Waals surface area (Å²) in [6.07, 6.45) is 8.79. The molecule has 0 aliphatic heterocycles. The van der Waals surface area contributed by atoms with Gasteiger partial charge >= 0.3 is 5.97 Å². The quantitative estimate of drug-likeness (QED) is 0.850. The number of benzene rings is 1. The molecule has 1 aromatic carbocycles. The van der Waals surface area contributed by atoms with Gasteiger partial charge in [-0.05, 0) is 43.2 Å². The smallest absolute Gasteiger partial charge is 0.306 e. The largest absolute Gasteiger partial charge is 0.481 e. The fourth-order valence-corrected chi connectivity index (χ4v) is 3.29. The molecule has 4 rings (SSSR count). The van der Waals surface area contributed by atoms with Crippen molar-refractivity contribution in [2.45, 2.75) is 50.9 Å². The molecule has 0 saturated heterocycles. The predicted molar refractivity (Wildman–Crippen MR) is 98.0 cm³/mol. The molecule has 0 amide bonds. The number of nitrogen functional groups attached to an aromatic ring is 1. The van der Waals surface area contributed by atoms with Crippen molar-refractivity contribution < 1.29 is 14.3 Å². The van der Waals surface area contributed by atoms with Crippen LogP contribution in [0.15, 0.2) is 30.5 Å². The Bertz CT molecular complexity index is 771. The molecular weight excluding hydrogens is 333 g/mol. The van der Waals surface area contributed by atoms with Crippen LogP contribution in [0.3, 0.4) is 0 Å². The monoisotopic (exact) mass is 357 g/mol. The van der Waals surface area contributed by atoms with E-state index in [1.165, 1.54) is 24.8 Å². The zero-order valence-electron chi connectivity index (χ0n) is 14.7. The predicted octanol–water partition coefficient (Wildman–Crippen LogP) is 4.39. The molecular formula is C20H24FN3O2. The van der Waals surface area contributed by atoms with Crippen LogP contribution in [-0.4, -0.2) is 21.0 Å². The molecule has 2 saturated carbocycles. The van der Waals surface area contributed by atoms with Crippen LogP contribution in [-0.2, 0) is 4.79 Å². The normalized spacial score (nSPS) is 17.3. The Hall–Kier alpha value is -2.50. The van der Waals surface area contributed by atoms with Crippen molar-refractivity contribution in [3.05, 3.63) is 41.8 Å². The van der Waals surface area contributed by atoms with Gasteiger partial charge in [0.2, 0.25) is 5.95 Å². The lowest BCUT2D eigenvalue weighted by atomic mass is 9.90. The van der Waals surface area contributed by atoms with E-state index in [-0.39, 0.29) is 17.6 Å². The summed E-state index contributed by atoms with van der Waals surface area (Å²) in [5.41, 5.74) is 7.78. The van der Waals surface area contributed by atoms with Crippen molar-refractivity contribution in [1.29, 1.82) is 0 Å². The number of hydrogen-bond donors (Lipinski definition) is 2. The Morgan fingerprint density at radius 1 is 1.15 bits per heavy atom. The minimum atomic E-state index is -0.602. The SMILES string of the molecule is Nc1ncc(F)c(-c2cccc(C3CC3)c2)n1.O=C(O)C1CCCCC1. The van der Waals surface area contributed by atoms with Crippen LogP contribution in [0.5, 0.6) is 0 Å². The van der Waals surface area contributed by atoms with Gasteiger partial charge in [0.1, 0.15) is 5.69 Å². The zero-order chi connectivity index (χ0) is 18.5. The summed E-state index contributed by atoms with van der Waals surface area (Å²) in [6, 6.07) is 7.84. The van der Waals surface area contributed by atoms with E-state index in [0.717, 1.165) is 37.4 Å². The first-order valence-corrected chi connectivity index (χ1v) is 9.15. The number of nitrogens with two attached hydrogens (primary N) is 1. The summed E-state index contributed by atoms with van der Waals surface area (Å²) >= 11 is 0. The van der Waals surface area contributed by atoms with Crippen molar-refractivity contribution >= 4 is 11.9 Å². The third-order valence-electron chi connectivity index (χ3n) is 4.93. The molecule has 1 aromatic heterocycles. The van der Waals surface area contributed by atoms with Crippen molar-refractivity contribution in [3.63, 3.8) is 0 Å². The third-order valence-corrected chi connectivity index (χ3v) is 4.93. The van der Waals surface area contributed by atoms with Crippen molar-refractivity contribution in [2.24, 2.45) is 5.92 Å².